The molecule has 1 aliphatic rings. The molecule has 3 aromatic rings. The molecule has 1 amide bonds. The molecule has 0 radical (unpaired) electrons. The van der Waals surface area contributed by atoms with E-state index >= 15 is 0 Å². The number of benzene rings is 3. The lowest BCUT2D eigenvalue weighted by molar-refractivity contribution is -0.132. The summed E-state index contributed by atoms with van der Waals surface area (Å²) in [6.07, 6.45) is 0. The largest absolute Gasteiger partial charge is 0.507 e. The fourth-order valence-corrected chi connectivity index (χ4v) is 4.60. The van der Waals surface area contributed by atoms with Crippen LogP contribution in [0.4, 0.5) is 5.69 Å². The van der Waals surface area contributed by atoms with Crippen molar-refractivity contribution >= 4 is 34.7 Å². The molecule has 0 spiro atoms. The number of rotatable bonds is 5. The molecule has 186 valence electrons. The summed E-state index contributed by atoms with van der Waals surface area (Å²) in [5.74, 6) is -1.30. The van der Waals surface area contributed by atoms with Gasteiger partial charge in [0.15, 0.2) is 0 Å². The average Bonchev–Trinajstić information content (AvgIpc) is 3.13. The fraction of sp³-hybridized carbons (Fsp3) is 0.241. The van der Waals surface area contributed by atoms with Gasteiger partial charge in [-0.05, 0) is 34.7 Å². The maximum atomic E-state index is 13.4. The van der Waals surface area contributed by atoms with Crippen molar-refractivity contribution in [3.05, 3.63) is 94.0 Å². The van der Waals surface area contributed by atoms with Gasteiger partial charge in [-0.3, -0.25) is 14.5 Å². The van der Waals surface area contributed by atoms with Crippen LogP contribution < -0.4 is 14.4 Å². The number of nitrogens with zero attached hydrogens (tertiary/aromatic N) is 1. The van der Waals surface area contributed by atoms with Gasteiger partial charge in [-0.1, -0.05) is 74.8 Å². The molecule has 1 saturated heterocycles. The third-order valence-corrected chi connectivity index (χ3v) is 6.60. The molecule has 0 saturated carbocycles. The quantitative estimate of drug-likeness (QED) is 0.251. The van der Waals surface area contributed by atoms with E-state index in [9.17, 15) is 14.7 Å². The number of Topliss-reactive ketones (excluding diaryl/α,β-unsaturated/α-hetero) is 1. The number of anilines is 1. The highest BCUT2D eigenvalue weighted by Crippen LogP contribution is 2.45. The Bertz CT molecular complexity index is 1340. The first-order chi connectivity index (χ1) is 17.1. The van der Waals surface area contributed by atoms with Gasteiger partial charge in [-0.2, -0.15) is 0 Å². The molecule has 1 unspecified atom stereocenters. The second-order valence-electron chi connectivity index (χ2n) is 9.56. The van der Waals surface area contributed by atoms with E-state index in [0.717, 1.165) is 5.56 Å². The van der Waals surface area contributed by atoms with Crippen LogP contribution in [-0.2, 0) is 15.0 Å². The lowest BCUT2D eigenvalue weighted by atomic mass is 9.87. The molecular weight excluding hydrogens is 478 g/mol. The lowest BCUT2D eigenvalue weighted by Gasteiger charge is -2.27. The van der Waals surface area contributed by atoms with E-state index in [1.165, 1.54) is 31.3 Å². The molecule has 0 aliphatic carbocycles. The molecule has 1 fully saturated rings. The molecule has 36 heavy (non-hydrogen) atoms. The van der Waals surface area contributed by atoms with Crippen molar-refractivity contribution in [3.63, 3.8) is 0 Å². The van der Waals surface area contributed by atoms with Crippen molar-refractivity contribution in [1.29, 1.82) is 0 Å². The maximum absolute atomic E-state index is 13.4. The van der Waals surface area contributed by atoms with Crippen molar-refractivity contribution < 1.29 is 24.2 Å². The highest BCUT2D eigenvalue weighted by Gasteiger charge is 2.47. The second-order valence-corrected chi connectivity index (χ2v) is 9.97. The predicted octanol–water partition coefficient (Wildman–Crippen LogP) is 6.28. The van der Waals surface area contributed by atoms with Crippen LogP contribution in [-0.4, -0.2) is 31.0 Å². The molecule has 1 aliphatic heterocycles. The smallest absolute Gasteiger partial charge is 0.300 e. The minimum atomic E-state index is -0.850. The van der Waals surface area contributed by atoms with Crippen molar-refractivity contribution in [2.24, 2.45) is 0 Å². The minimum absolute atomic E-state index is 0.0503. The van der Waals surface area contributed by atoms with Crippen molar-refractivity contribution in [2.45, 2.75) is 32.2 Å². The van der Waals surface area contributed by atoms with Gasteiger partial charge in [-0.25, -0.2) is 0 Å². The Labute approximate surface area is 215 Å². The van der Waals surface area contributed by atoms with Crippen LogP contribution in [0.2, 0.25) is 5.02 Å². The monoisotopic (exact) mass is 505 g/mol. The summed E-state index contributed by atoms with van der Waals surface area (Å²) in [6.45, 7) is 6.31. The van der Waals surface area contributed by atoms with E-state index < -0.39 is 17.7 Å². The zero-order chi connectivity index (χ0) is 26.2. The van der Waals surface area contributed by atoms with Crippen LogP contribution in [0.25, 0.3) is 5.76 Å². The Morgan fingerprint density at radius 3 is 2.08 bits per heavy atom. The van der Waals surface area contributed by atoms with Gasteiger partial charge in [0.25, 0.3) is 11.7 Å². The Morgan fingerprint density at radius 2 is 1.53 bits per heavy atom. The van der Waals surface area contributed by atoms with Crippen LogP contribution >= 0.6 is 11.6 Å². The molecule has 6 nitrogen and oxygen atoms in total. The number of ether oxygens (including phenoxy) is 2. The van der Waals surface area contributed by atoms with Gasteiger partial charge >= 0.3 is 0 Å². The number of aliphatic hydroxyl groups excluding tert-OH is 1. The molecule has 4 rings (SSSR count). The van der Waals surface area contributed by atoms with Gasteiger partial charge in [0.05, 0.1) is 36.4 Å². The first-order valence-electron chi connectivity index (χ1n) is 11.5. The number of methoxy groups -OCH3 is 2. The molecule has 1 heterocycles. The second kappa shape index (κ2) is 9.70. The van der Waals surface area contributed by atoms with Crippen LogP contribution in [0.5, 0.6) is 11.5 Å². The number of hydrogen-bond acceptors (Lipinski definition) is 5. The summed E-state index contributed by atoms with van der Waals surface area (Å²) in [4.78, 5) is 28.2. The summed E-state index contributed by atoms with van der Waals surface area (Å²) >= 11 is 6.33. The third kappa shape index (κ3) is 4.44. The van der Waals surface area contributed by atoms with Gasteiger partial charge < -0.3 is 14.6 Å². The maximum Gasteiger partial charge on any atom is 0.300 e. The van der Waals surface area contributed by atoms with Gasteiger partial charge in [0.1, 0.15) is 17.3 Å². The van der Waals surface area contributed by atoms with E-state index in [1.54, 1.807) is 0 Å². The van der Waals surface area contributed by atoms with Crippen LogP contribution in [0, 0.1) is 0 Å². The Kier molecular flexibility index (Phi) is 6.83. The van der Waals surface area contributed by atoms with E-state index in [0.29, 0.717) is 17.0 Å². The van der Waals surface area contributed by atoms with Gasteiger partial charge in [-0.15, -0.1) is 0 Å². The highest BCUT2D eigenvalue weighted by molar-refractivity contribution is 6.51. The molecule has 0 aromatic heterocycles. The summed E-state index contributed by atoms with van der Waals surface area (Å²) in [5.41, 5.74) is 2.39. The molecule has 7 heteroatoms. The van der Waals surface area contributed by atoms with Crippen LogP contribution in [0.15, 0.2) is 72.3 Å². The number of carbonyl (C=O) groups excluding carboxylic acids is 2. The standard InChI is InChI=1S/C29H28ClNO5/c1-29(2,3)18-11-13-19(14-12-18)31-25(17-9-7-6-8-10-17)24(27(33)28(31)34)26(32)20-15-21(30)23(36-5)16-22(20)35-4/h6-16,25,32H,1-5H3/b26-24+. The summed E-state index contributed by atoms with van der Waals surface area (Å²) in [5, 5.41) is 11.7. The van der Waals surface area contributed by atoms with Gasteiger partial charge in [0.2, 0.25) is 0 Å². The lowest BCUT2D eigenvalue weighted by Crippen LogP contribution is -2.29. The topological polar surface area (TPSA) is 76.1 Å². The minimum Gasteiger partial charge on any atom is -0.507 e. The third-order valence-electron chi connectivity index (χ3n) is 6.30. The zero-order valence-corrected chi connectivity index (χ0v) is 21.6. The normalized spacial score (nSPS) is 17.4. The van der Waals surface area contributed by atoms with Crippen LogP contribution in [0.1, 0.15) is 43.5 Å². The zero-order valence-electron chi connectivity index (χ0n) is 20.8. The van der Waals surface area contributed by atoms with Crippen molar-refractivity contribution in [2.75, 3.05) is 19.1 Å². The van der Waals surface area contributed by atoms with E-state index in [4.69, 9.17) is 21.1 Å². The van der Waals surface area contributed by atoms with Crippen molar-refractivity contribution in [1.82, 2.24) is 0 Å². The number of halogens is 1. The predicted molar refractivity (Wildman–Crippen MR) is 141 cm³/mol. The Hall–Kier alpha value is -3.77. The number of ketones is 1. The SMILES string of the molecule is COc1cc(OC)c(/C(O)=C2\C(=O)C(=O)N(c3ccc(C(C)(C)C)cc3)C2c2ccccc2)cc1Cl. The van der Waals surface area contributed by atoms with E-state index in [1.807, 2.05) is 54.6 Å². The number of aliphatic hydroxyl groups is 1. The Balaban J connectivity index is 1.94. The average molecular weight is 506 g/mol. The molecule has 0 bridgehead atoms. The summed E-state index contributed by atoms with van der Waals surface area (Å²) in [7, 11) is 2.90. The number of amides is 1. The van der Waals surface area contributed by atoms with Crippen molar-refractivity contribution in [3.8, 4) is 11.5 Å². The van der Waals surface area contributed by atoms with E-state index in [2.05, 4.69) is 20.8 Å². The van der Waals surface area contributed by atoms with Gasteiger partial charge in [0, 0.05) is 11.8 Å². The van der Waals surface area contributed by atoms with E-state index in [-0.39, 0.29) is 33.1 Å². The highest BCUT2D eigenvalue weighted by atomic mass is 35.5. The summed E-state index contributed by atoms with van der Waals surface area (Å²) < 4.78 is 10.7. The number of carbonyl (C=O) groups is 2. The number of hydrogen-bond donors (Lipinski definition) is 1. The molecule has 1 N–H and O–H groups in total. The fourth-order valence-electron chi connectivity index (χ4n) is 4.36. The first-order valence-corrected chi connectivity index (χ1v) is 11.8. The first kappa shape index (κ1) is 25.3. The molecule has 3 aromatic carbocycles. The molecular formula is C29H28ClNO5. The molecule has 1 atom stereocenters. The summed E-state index contributed by atoms with van der Waals surface area (Å²) in [6, 6.07) is 18.8. The van der Waals surface area contributed by atoms with Crippen LogP contribution in [0.3, 0.4) is 0 Å². The Morgan fingerprint density at radius 1 is 0.917 bits per heavy atom.